The van der Waals surface area contributed by atoms with Crippen molar-refractivity contribution in [1.82, 2.24) is 25.1 Å². The number of fused-ring (bicyclic) bond motifs is 1. The summed E-state index contributed by atoms with van der Waals surface area (Å²) >= 11 is 1.87. The molecule has 2 fully saturated rings. The molecular formula is C37H38F7N5O7S2. The maximum Gasteiger partial charge on any atom is 0.491 e. The lowest BCUT2D eigenvalue weighted by Gasteiger charge is -2.47. The first-order chi connectivity index (χ1) is 27.3. The number of piperidine rings is 1. The van der Waals surface area contributed by atoms with Crippen LogP contribution in [-0.2, 0) is 32.0 Å². The molecule has 2 aromatic carbocycles. The van der Waals surface area contributed by atoms with Gasteiger partial charge in [-0.2, -0.15) is 26.3 Å². The molecule has 0 aliphatic carbocycles. The largest absolute Gasteiger partial charge is 0.491 e. The van der Waals surface area contributed by atoms with Crippen molar-refractivity contribution in [2.24, 2.45) is 0 Å². The van der Waals surface area contributed by atoms with Crippen LogP contribution >= 0.6 is 22.7 Å². The van der Waals surface area contributed by atoms with Gasteiger partial charge in [-0.15, -0.1) is 11.3 Å². The number of halogens is 7. The van der Waals surface area contributed by atoms with E-state index in [1.807, 2.05) is 13.8 Å². The third-order valence-electron chi connectivity index (χ3n) is 9.80. The minimum atomic E-state index is -5.40. The molecule has 6 rings (SSSR count). The van der Waals surface area contributed by atoms with Crippen molar-refractivity contribution in [2.45, 2.75) is 69.6 Å². The van der Waals surface area contributed by atoms with E-state index in [2.05, 4.69) is 24.9 Å². The Morgan fingerprint density at radius 3 is 2.43 bits per heavy atom. The zero-order valence-electron chi connectivity index (χ0n) is 31.1. The van der Waals surface area contributed by atoms with E-state index < -0.39 is 64.5 Å². The Balaban J connectivity index is 1.06. The molecule has 0 unspecified atom stereocenters. The summed E-state index contributed by atoms with van der Waals surface area (Å²) in [6.07, 6.45) is -10.9. The highest BCUT2D eigenvalue weighted by atomic mass is 32.1. The van der Waals surface area contributed by atoms with E-state index in [4.69, 9.17) is 9.47 Å². The number of rotatable bonds is 12. The number of aromatic amines is 1. The molecule has 2 aliphatic heterocycles. The van der Waals surface area contributed by atoms with Crippen LogP contribution < -0.4 is 14.9 Å². The number of aromatic nitrogens is 2. The van der Waals surface area contributed by atoms with Gasteiger partial charge in [0.05, 0.1) is 28.5 Å². The van der Waals surface area contributed by atoms with Crippen LogP contribution in [0.25, 0.3) is 10.2 Å². The predicted molar refractivity (Wildman–Crippen MR) is 197 cm³/mol. The number of ether oxygens (including phenoxy) is 3. The molecule has 0 saturated carbocycles. The van der Waals surface area contributed by atoms with Gasteiger partial charge in [0.15, 0.2) is 5.75 Å². The normalized spacial score (nSPS) is 16.9. The highest BCUT2D eigenvalue weighted by Crippen LogP contribution is 2.36. The monoisotopic (exact) mass is 861 g/mol. The number of carbonyl (C=O) groups excluding carboxylic acids is 3. The number of thiazole rings is 2. The highest BCUT2D eigenvalue weighted by Gasteiger charge is 2.44. The second-order valence-corrected chi connectivity index (χ2v) is 16.2. The number of nitrogens with zero attached hydrogens (tertiary/aromatic N) is 3. The number of hydrogen-bond donors (Lipinski definition) is 2. The minimum Gasteiger partial charge on any atom is -0.449 e. The SMILES string of the molecule is CC(C)c1nc(C(=O)N2CCOC3(CCN(Cc4cc(CCNC[C@H](OC(=O)C(F)(F)F)c5ccc(OC(=O)C(F)(F)F)c6[nH]c(=O)sc56)ccc4F)CC3)C2)cs1. The fourth-order valence-corrected chi connectivity index (χ4v) is 8.52. The molecule has 1 spiro atoms. The molecule has 4 heterocycles. The number of amides is 1. The Hall–Kier alpha value is -4.44. The van der Waals surface area contributed by atoms with Crippen molar-refractivity contribution in [3.63, 3.8) is 0 Å². The molecule has 2 N–H and O–H groups in total. The van der Waals surface area contributed by atoms with E-state index in [-0.39, 0.29) is 35.1 Å². The number of H-pyrrole nitrogens is 1. The molecule has 4 aromatic rings. The quantitative estimate of drug-likeness (QED) is 0.0726. The van der Waals surface area contributed by atoms with Gasteiger partial charge in [0, 0.05) is 55.1 Å². The summed E-state index contributed by atoms with van der Waals surface area (Å²) < 4.78 is 109. The lowest BCUT2D eigenvalue weighted by Crippen LogP contribution is -2.58. The van der Waals surface area contributed by atoms with Crippen LogP contribution in [0, 0.1) is 5.82 Å². The van der Waals surface area contributed by atoms with Crippen molar-refractivity contribution >= 4 is 50.7 Å². The maximum absolute atomic E-state index is 15.0. The maximum atomic E-state index is 15.0. The van der Waals surface area contributed by atoms with Gasteiger partial charge in [-0.25, -0.2) is 19.0 Å². The summed E-state index contributed by atoms with van der Waals surface area (Å²) in [4.78, 5) is 58.6. The van der Waals surface area contributed by atoms with E-state index in [1.54, 1.807) is 22.4 Å². The summed E-state index contributed by atoms with van der Waals surface area (Å²) in [5, 5.41) is 5.58. The van der Waals surface area contributed by atoms with E-state index in [0.29, 0.717) is 80.3 Å². The van der Waals surface area contributed by atoms with Crippen LogP contribution in [0.15, 0.2) is 40.5 Å². The Bertz CT molecular complexity index is 2200. The number of likely N-dealkylation sites (tertiary alicyclic amines) is 1. The number of nitrogens with one attached hydrogen (secondary N) is 2. The Kier molecular flexibility index (Phi) is 13.0. The predicted octanol–water partition coefficient (Wildman–Crippen LogP) is 6.26. The third kappa shape index (κ3) is 10.2. The number of morpholine rings is 1. The molecular weight excluding hydrogens is 824 g/mol. The number of esters is 2. The summed E-state index contributed by atoms with van der Waals surface area (Å²) in [5.41, 5.74) is 0.452. The molecule has 12 nitrogen and oxygen atoms in total. The van der Waals surface area contributed by atoms with E-state index in [1.165, 1.54) is 17.4 Å². The van der Waals surface area contributed by atoms with Crippen LogP contribution in [0.1, 0.15) is 70.9 Å². The van der Waals surface area contributed by atoms with Crippen molar-refractivity contribution in [3.05, 3.63) is 78.6 Å². The number of alkyl halides is 6. The van der Waals surface area contributed by atoms with Crippen LogP contribution in [0.5, 0.6) is 5.75 Å². The Labute approximate surface area is 334 Å². The molecule has 2 aromatic heterocycles. The van der Waals surface area contributed by atoms with Gasteiger partial charge < -0.3 is 29.4 Å². The van der Waals surface area contributed by atoms with Crippen LogP contribution in [0.4, 0.5) is 30.7 Å². The summed E-state index contributed by atoms with van der Waals surface area (Å²) in [6, 6.07) is 6.39. The number of benzene rings is 2. The molecule has 314 valence electrons. The molecule has 1 atom stereocenters. The van der Waals surface area contributed by atoms with Crippen LogP contribution in [-0.4, -0.2) is 101 Å². The zero-order chi connectivity index (χ0) is 42.0. The summed E-state index contributed by atoms with van der Waals surface area (Å²) in [7, 11) is 0. The highest BCUT2D eigenvalue weighted by molar-refractivity contribution is 7.16. The third-order valence-corrected chi connectivity index (χ3v) is 11.9. The van der Waals surface area contributed by atoms with Gasteiger partial charge in [-0.3, -0.25) is 14.5 Å². The average molecular weight is 862 g/mol. The topological polar surface area (TPSA) is 143 Å². The first-order valence-corrected chi connectivity index (χ1v) is 19.8. The minimum absolute atomic E-state index is 0.109. The van der Waals surface area contributed by atoms with Crippen molar-refractivity contribution in [1.29, 1.82) is 0 Å². The van der Waals surface area contributed by atoms with Crippen molar-refractivity contribution < 1.29 is 59.3 Å². The second kappa shape index (κ2) is 17.4. The van der Waals surface area contributed by atoms with Gasteiger partial charge in [-0.1, -0.05) is 37.3 Å². The molecule has 2 aliphatic rings. The number of carbonyl (C=O) groups is 3. The summed E-state index contributed by atoms with van der Waals surface area (Å²) in [6.45, 7) is 6.50. The first-order valence-electron chi connectivity index (χ1n) is 18.1. The standard InChI is InChI=1S/C37H38F7N5O7S2/c1-20(2)30-46-25(18-57-30)31(50)49-13-14-54-35(19-49)8-11-48(12-9-35)17-22-15-21(3-5-24(22)38)7-10-45-16-27(56-33(52)37(42,43)44)23-4-6-26(55-32(51)36(39,40)41)28-29(23)58-34(53)47-28/h3-6,15,18,20,27,45H,7-14,16-17,19H2,1-2H3,(H,47,53)/t27-/m0/s1. The first kappa shape index (κ1) is 43.1. The van der Waals surface area contributed by atoms with Crippen LogP contribution in [0.3, 0.4) is 0 Å². The smallest absolute Gasteiger partial charge is 0.449 e. The molecule has 21 heteroatoms. The fourth-order valence-electron chi connectivity index (χ4n) is 6.80. The Morgan fingerprint density at radius 2 is 1.76 bits per heavy atom. The van der Waals surface area contributed by atoms with Crippen LogP contribution in [0.2, 0.25) is 0 Å². The lowest BCUT2D eigenvalue weighted by molar-refractivity contribution is -0.205. The van der Waals surface area contributed by atoms with Crippen molar-refractivity contribution in [2.75, 3.05) is 45.9 Å². The van der Waals surface area contributed by atoms with Gasteiger partial charge in [0.2, 0.25) is 0 Å². The van der Waals surface area contributed by atoms with Gasteiger partial charge in [0.25, 0.3) is 5.91 Å². The van der Waals surface area contributed by atoms with Gasteiger partial charge >= 0.3 is 29.2 Å². The second-order valence-electron chi connectivity index (χ2n) is 14.3. The lowest BCUT2D eigenvalue weighted by atomic mass is 9.89. The molecule has 0 radical (unpaired) electrons. The molecule has 2 saturated heterocycles. The van der Waals surface area contributed by atoms with E-state index in [0.717, 1.165) is 17.1 Å². The summed E-state index contributed by atoms with van der Waals surface area (Å²) in [5.74, 6) is -6.18. The average Bonchev–Trinajstić information content (AvgIpc) is 3.82. The Morgan fingerprint density at radius 1 is 1.03 bits per heavy atom. The van der Waals surface area contributed by atoms with E-state index >= 15 is 4.39 Å². The molecule has 0 bridgehead atoms. The van der Waals surface area contributed by atoms with Crippen molar-refractivity contribution in [3.8, 4) is 5.75 Å². The number of hydrogen-bond acceptors (Lipinski definition) is 12. The molecule has 1 amide bonds. The van der Waals surface area contributed by atoms with E-state index in [9.17, 15) is 45.5 Å². The van der Waals surface area contributed by atoms with Gasteiger partial charge in [0.1, 0.15) is 23.1 Å². The fraction of sp³-hybridized carbons (Fsp3) is 0.486. The zero-order valence-corrected chi connectivity index (χ0v) is 32.7. The molecule has 58 heavy (non-hydrogen) atoms. The van der Waals surface area contributed by atoms with Gasteiger partial charge in [-0.05, 0) is 49.6 Å².